The number of methoxy groups -OCH3 is 1. The molecule has 1 aliphatic heterocycles. The molecule has 0 radical (unpaired) electrons. The van der Waals surface area contributed by atoms with E-state index in [-0.39, 0.29) is 5.75 Å². The fourth-order valence-corrected chi connectivity index (χ4v) is 2.81. The standard InChI is InChI=1S/C16H18F2N2O3S/c1-3-6-10-12(14(21)22-2)13(20-16(24)19-10)9-7-4-5-8-11(9)23-15(17)18/h4-5,7-8,13,15H,3,6H2,1-2H3,(H2,19,20,24). The first kappa shape index (κ1) is 18.1. The minimum atomic E-state index is -2.97. The highest BCUT2D eigenvalue weighted by Gasteiger charge is 2.33. The van der Waals surface area contributed by atoms with Gasteiger partial charge in [-0.05, 0) is 24.7 Å². The molecule has 0 aliphatic carbocycles. The van der Waals surface area contributed by atoms with Gasteiger partial charge in [0.05, 0.1) is 18.7 Å². The van der Waals surface area contributed by atoms with Gasteiger partial charge >= 0.3 is 12.6 Å². The molecule has 1 atom stereocenters. The summed E-state index contributed by atoms with van der Waals surface area (Å²) in [5, 5.41) is 6.20. The van der Waals surface area contributed by atoms with E-state index in [9.17, 15) is 13.6 Å². The molecule has 0 spiro atoms. The van der Waals surface area contributed by atoms with Crippen molar-refractivity contribution in [1.82, 2.24) is 10.6 Å². The number of halogens is 2. The zero-order valence-electron chi connectivity index (χ0n) is 13.3. The minimum absolute atomic E-state index is 0.0213. The van der Waals surface area contributed by atoms with E-state index in [1.807, 2.05) is 6.92 Å². The molecule has 0 fully saturated rings. The zero-order valence-corrected chi connectivity index (χ0v) is 14.1. The molecule has 1 unspecified atom stereocenters. The molecule has 130 valence electrons. The predicted octanol–water partition coefficient (Wildman–Crippen LogP) is 3.03. The number of carbonyl (C=O) groups excluding carboxylic acids is 1. The Morgan fingerprint density at radius 3 is 2.71 bits per heavy atom. The maximum absolute atomic E-state index is 12.7. The van der Waals surface area contributed by atoms with Crippen LogP contribution in [0.15, 0.2) is 35.5 Å². The molecule has 0 amide bonds. The summed E-state index contributed by atoms with van der Waals surface area (Å²) >= 11 is 5.18. The molecule has 0 aromatic heterocycles. The molecule has 2 rings (SSSR count). The van der Waals surface area contributed by atoms with E-state index in [1.165, 1.54) is 13.2 Å². The van der Waals surface area contributed by atoms with Gasteiger partial charge in [0.25, 0.3) is 0 Å². The van der Waals surface area contributed by atoms with Gasteiger partial charge in [-0.2, -0.15) is 8.78 Å². The van der Waals surface area contributed by atoms with Crippen LogP contribution in [0.2, 0.25) is 0 Å². The molecule has 0 saturated carbocycles. The molecule has 24 heavy (non-hydrogen) atoms. The van der Waals surface area contributed by atoms with Crippen molar-refractivity contribution in [3.05, 3.63) is 41.1 Å². The second kappa shape index (κ2) is 8.05. The van der Waals surface area contributed by atoms with Gasteiger partial charge in [-0.25, -0.2) is 4.79 Å². The van der Waals surface area contributed by atoms with Gasteiger partial charge in [0.1, 0.15) is 5.75 Å². The number of thiocarbonyl (C=S) groups is 1. The number of ether oxygens (including phenoxy) is 2. The van der Waals surface area contributed by atoms with Crippen LogP contribution in [-0.2, 0) is 9.53 Å². The summed E-state index contributed by atoms with van der Waals surface area (Å²) < 4.78 is 34.8. The number of benzene rings is 1. The van der Waals surface area contributed by atoms with Crippen LogP contribution >= 0.6 is 12.2 Å². The highest BCUT2D eigenvalue weighted by Crippen LogP contribution is 2.35. The fraction of sp³-hybridized carbons (Fsp3) is 0.375. The number of rotatable bonds is 6. The quantitative estimate of drug-likeness (QED) is 0.604. The Balaban J connectivity index is 2.55. The third kappa shape index (κ3) is 4.00. The Hall–Kier alpha value is -2.22. The summed E-state index contributed by atoms with van der Waals surface area (Å²) in [6.45, 7) is -1.02. The zero-order chi connectivity index (χ0) is 17.7. The fourth-order valence-electron chi connectivity index (χ4n) is 2.57. The molecule has 5 nitrogen and oxygen atoms in total. The first-order valence-electron chi connectivity index (χ1n) is 7.40. The third-order valence-electron chi connectivity index (χ3n) is 3.51. The van der Waals surface area contributed by atoms with Crippen molar-refractivity contribution in [3.63, 3.8) is 0 Å². The van der Waals surface area contributed by atoms with E-state index < -0.39 is 18.6 Å². The summed E-state index contributed by atoms with van der Waals surface area (Å²) in [6.07, 6.45) is 1.34. The second-order valence-corrected chi connectivity index (χ2v) is 5.49. The normalized spacial score (nSPS) is 17.4. The Morgan fingerprint density at radius 2 is 2.08 bits per heavy atom. The Bertz CT molecular complexity index is 664. The van der Waals surface area contributed by atoms with Gasteiger partial charge in [-0.15, -0.1) is 0 Å². The van der Waals surface area contributed by atoms with Crippen LogP contribution in [0.1, 0.15) is 31.4 Å². The molecule has 1 aromatic carbocycles. The maximum atomic E-state index is 12.7. The molecule has 1 aromatic rings. The SMILES string of the molecule is CCCC1=C(C(=O)OC)C(c2ccccc2OC(F)F)NC(=S)N1. The lowest BCUT2D eigenvalue weighted by atomic mass is 9.93. The smallest absolute Gasteiger partial charge is 0.387 e. The Kier molecular flexibility index (Phi) is 6.08. The molecule has 1 aliphatic rings. The first-order valence-corrected chi connectivity index (χ1v) is 7.81. The summed E-state index contributed by atoms with van der Waals surface area (Å²) in [4.78, 5) is 12.3. The molecule has 8 heteroatoms. The van der Waals surface area contributed by atoms with Gasteiger partial charge in [0.15, 0.2) is 5.11 Å². The van der Waals surface area contributed by atoms with Crippen molar-refractivity contribution >= 4 is 23.3 Å². The Morgan fingerprint density at radius 1 is 1.38 bits per heavy atom. The molecule has 0 saturated heterocycles. The summed E-state index contributed by atoms with van der Waals surface area (Å²) in [5.41, 5.74) is 1.30. The third-order valence-corrected chi connectivity index (χ3v) is 3.72. The lowest BCUT2D eigenvalue weighted by Crippen LogP contribution is -2.45. The van der Waals surface area contributed by atoms with Crippen LogP contribution in [0.5, 0.6) is 5.75 Å². The number of hydrogen-bond acceptors (Lipinski definition) is 4. The van der Waals surface area contributed by atoms with Gasteiger partial charge in [-0.1, -0.05) is 31.5 Å². The van der Waals surface area contributed by atoms with E-state index in [0.717, 1.165) is 6.42 Å². The van der Waals surface area contributed by atoms with E-state index in [0.29, 0.717) is 28.4 Å². The summed E-state index contributed by atoms with van der Waals surface area (Å²) in [6, 6.07) is 5.55. The van der Waals surface area contributed by atoms with E-state index in [1.54, 1.807) is 18.2 Å². The number of hydrogen-bond donors (Lipinski definition) is 2. The summed E-state index contributed by atoms with van der Waals surface area (Å²) in [7, 11) is 1.27. The van der Waals surface area contributed by atoms with Gasteiger partial charge in [0.2, 0.25) is 0 Å². The van der Waals surface area contributed by atoms with Crippen molar-refractivity contribution in [1.29, 1.82) is 0 Å². The van der Waals surface area contributed by atoms with Gasteiger partial charge < -0.3 is 20.1 Å². The summed E-state index contributed by atoms with van der Waals surface area (Å²) in [5.74, 6) is -0.579. The number of nitrogens with one attached hydrogen (secondary N) is 2. The minimum Gasteiger partial charge on any atom is -0.466 e. The average Bonchev–Trinajstić information content (AvgIpc) is 2.54. The van der Waals surface area contributed by atoms with E-state index >= 15 is 0 Å². The van der Waals surface area contributed by atoms with Crippen LogP contribution < -0.4 is 15.4 Å². The highest BCUT2D eigenvalue weighted by atomic mass is 32.1. The van der Waals surface area contributed by atoms with Crippen molar-refractivity contribution in [2.75, 3.05) is 7.11 Å². The predicted molar refractivity (Wildman–Crippen MR) is 88.6 cm³/mol. The van der Waals surface area contributed by atoms with E-state index in [2.05, 4.69) is 15.4 Å². The van der Waals surface area contributed by atoms with Crippen LogP contribution in [-0.4, -0.2) is 24.8 Å². The molecular weight excluding hydrogens is 338 g/mol. The van der Waals surface area contributed by atoms with Crippen LogP contribution in [0.4, 0.5) is 8.78 Å². The number of allylic oxidation sites excluding steroid dienone is 1. The van der Waals surface area contributed by atoms with Crippen molar-refractivity contribution < 1.29 is 23.0 Å². The number of para-hydroxylation sites is 1. The topological polar surface area (TPSA) is 59.6 Å². The average molecular weight is 356 g/mol. The van der Waals surface area contributed by atoms with Crippen LogP contribution in [0, 0.1) is 0 Å². The molecule has 2 N–H and O–H groups in total. The lowest BCUT2D eigenvalue weighted by molar-refractivity contribution is -0.136. The monoisotopic (exact) mass is 356 g/mol. The molecular formula is C16H18F2N2O3S. The van der Waals surface area contributed by atoms with Gasteiger partial charge in [-0.3, -0.25) is 0 Å². The molecule has 1 heterocycles. The highest BCUT2D eigenvalue weighted by molar-refractivity contribution is 7.80. The van der Waals surface area contributed by atoms with Gasteiger partial charge in [0, 0.05) is 11.3 Å². The maximum Gasteiger partial charge on any atom is 0.387 e. The lowest BCUT2D eigenvalue weighted by Gasteiger charge is -2.31. The second-order valence-electron chi connectivity index (χ2n) is 5.08. The number of carbonyl (C=O) groups is 1. The van der Waals surface area contributed by atoms with Crippen molar-refractivity contribution in [2.45, 2.75) is 32.4 Å². The first-order chi connectivity index (χ1) is 11.5. The number of alkyl halides is 2. The number of esters is 1. The molecule has 0 bridgehead atoms. The van der Waals surface area contributed by atoms with Crippen LogP contribution in [0.25, 0.3) is 0 Å². The van der Waals surface area contributed by atoms with E-state index in [4.69, 9.17) is 17.0 Å². The van der Waals surface area contributed by atoms with Crippen LogP contribution in [0.3, 0.4) is 0 Å². The van der Waals surface area contributed by atoms with Crippen molar-refractivity contribution in [2.24, 2.45) is 0 Å². The Labute approximate surface area is 144 Å². The largest absolute Gasteiger partial charge is 0.466 e. The van der Waals surface area contributed by atoms with Crippen molar-refractivity contribution in [3.8, 4) is 5.75 Å².